The van der Waals surface area contributed by atoms with Crippen molar-refractivity contribution in [3.63, 3.8) is 0 Å². The lowest BCUT2D eigenvalue weighted by molar-refractivity contribution is -0.132. The Labute approximate surface area is 177 Å². The number of amides is 1. The van der Waals surface area contributed by atoms with Gasteiger partial charge >= 0.3 is 0 Å². The lowest BCUT2D eigenvalue weighted by atomic mass is 10.1. The summed E-state index contributed by atoms with van der Waals surface area (Å²) in [4.78, 5) is 32.6. The molecular weight excluding hydrogens is 401 g/mol. The number of halogens is 1. The number of nitrogens with zero attached hydrogens (tertiary/aromatic N) is 3. The summed E-state index contributed by atoms with van der Waals surface area (Å²) in [6.07, 6.45) is 1.42. The molecule has 0 saturated carbocycles. The van der Waals surface area contributed by atoms with Crippen molar-refractivity contribution in [2.75, 3.05) is 7.05 Å². The minimum absolute atomic E-state index is 0.109. The zero-order valence-corrected chi connectivity index (χ0v) is 17.4. The highest BCUT2D eigenvalue weighted by Crippen LogP contribution is 2.30. The standard InChI is InChI=1S/C23H20FN3O2S/c1-15(16-8-10-18(24)11-9-16)26(2)21(28)13-27-14-25-19-12-20(30-22(19)23(27)29)17-6-4-3-5-7-17/h3-12,14-15H,13H2,1-2H3/t15-/m0/s1. The fraction of sp³-hybridized carbons (Fsp3) is 0.174. The molecule has 0 fully saturated rings. The van der Waals surface area contributed by atoms with Gasteiger partial charge in [-0.1, -0.05) is 42.5 Å². The van der Waals surface area contributed by atoms with Gasteiger partial charge in [0.15, 0.2) is 0 Å². The summed E-state index contributed by atoms with van der Waals surface area (Å²) in [7, 11) is 1.67. The molecule has 2 heterocycles. The smallest absolute Gasteiger partial charge is 0.271 e. The lowest BCUT2D eigenvalue weighted by Gasteiger charge is -2.25. The first kappa shape index (κ1) is 20.0. The molecule has 0 unspecified atom stereocenters. The molecule has 30 heavy (non-hydrogen) atoms. The summed E-state index contributed by atoms with van der Waals surface area (Å²) in [5.74, 6) is -0.549. The molecule has 152 valence electrons. The van der Waals surface area contributed by atoms with Gasteiger partial charge in [-0.15, -0.1) is 11.3 Å². The Hall–Kier alpha value is -3.32. The summed E-state index contributed by atoms with van der Waals surface area (Å²) in [6.45, 7) is 1.75. The maximum Gasteiger partial charge on any atom is 0.271 e. The van der Waals surface area contributed by atoms with Gasteiger partial charge in [0.25, 0.3) is 5.56 Å². The SMILES string of the molecule is C[C@@H](c1ccc(F)cc1)N(C)C(=O)Cn1cnc2cc(-c3ccccc3)sc2c1=O. The number of thiophene rings is 1. The second-order valence-electron chi connectivity index (χ2n) is 7.10. The Kier molecular flexibility index (Phi) is 5.46. The average molecular weight is 421 g/mol. The molecule has 1 amide bonds. The van der Waals surface area contributed by atoms with Crippen LogP contribution in [0.4, 0.5) is 4.39 Å². The molecule has 2 aromatic carbocycles. The van der Waals surface area contributed by atoms with Crippen LogP contribution >= 0.6 is 11.3 Å². The lowest BCUT2D eigenvalue weighted by Crippen LogP contribution is -2.35. The fourth-order valence-electron chi connectivity index (χ4n) is 3.24. The van der Waals surface area contributed by atoms with E-state index in [1.165, 1.54) is 34.4 Å². The molecule has 0 radical (unpaired) electrons. The van der Waals surface area contributed by atoms with Gasteiger partial charge in [0.2, 0.25) is 5.91 Å². The van der Waals surface area contributed by atoms with E-state index in [9.17, 15) is 14.0 Å². The zero-order valence-electron chi connectivity index (χ0n) is 16.6. The van der Waals surface area contributed by atoms with Crippen molar-refractivity contribution in [2.45, 2.75) is 19.5 Å². The summed E-state index contributed by atoms with van der Waals surface area (Å²) < 4.78 is 15.0. The number of likely N-dealkylation sites (N-methyl/N-ethyl adjacent to an activating group) is 1. The molecule has 4 rings (SSSR count). The Morgan fingerprint density at radius 3 is 2.57 bits per heavy atom. The molecule has 0 aliphatic carbocycles. The Bertz CT molecular complexity index is 1250. The van der Waals surface area contributed by atoms with E-state index < -0.39 is 0 Å². The average Bonchev–Trinajstić information content (AvgIpc) is 3.21. The minimum atomic E-state index is -0.323. The van der Waals surface area contributed by atoms with E-state index >= 15 is 0 Å². The quantitative estimate of drug-likeness (QED) is 0.477. The number of hydrogen-bond donors (Lipinski definition) is 0. The van der Waals surface area contributed by atoms with E-state index in [1.54, 1.807) is 24.1 Å². The van der Waals surface area contributed by atoms with Crippen LogP contribution in [0.1, 0.15) is 18.5 Å². The van der Waals surface area contributed by atoms with Gasteiger partial charge in [0.1, 0.15) is 17.1 Å². The normalized spacial score (nSPS) is 12.1. The van der Waals surface area contributed by atoms with E-state index in [0.29, 0.717) is 10.2 Å². The van der Waals surface area contributed by atoms with Gasteiger partial charge in [-0.2, -0.15) is 0 Å². The minimum Gasteiger partial charge on any atom is -0.337 e. The largest absolute Gasteiger partial charge is 0.337 e. The van der Waals surface area contributed by atoms with Crippen LogP contribution in [0.3, 0.4) is 0 Å². The predicted octanol–water partition coefficient (Wildman–Crippen LogP) is 4.48. The van der Waals surface area contributed by atoms with Crippen LogP contribution in [0.15, 0.2) is 71.8 Å². The highest BCUT2D eigenvalue weighted by molar-refractivity contribution is 7.22. The van der Waals surface area contributed by atoms with Crippen molar-refractivity contribution in [1.29, 1.82) is 0 Å². The molecule has 0 N–H and O–H groups in total. The van der Waals surface area contributed by atoms with Crippen molar-refractivity contribution in [3.8, 4) is 10.4 Å². The third-order valence-electron chi connectivity index (χ3n) is 5.19. The molecule has 5 nitrogen and oxygen atoms in total. The summed E-state index contributed by atoms with van der Waals surface area (Å²) >= 11 is 1.37. The molecule has 7 heteroatoms. The Morgan fingerprint density at radius 1 is 1.17 bits per heavy atom. The van der Waals surface area contributed by atoms with Crippen LogP contribution in [-0.4, -0.2) is 27.4 Å². The van der Waals surface area contributed by atoms with Crippen LogP contribution in [-0.2, 0) is 11.3 Å². The van der Waals surface area contributed by atoms with Gasteiger partial charge in [0.05, 0.1) is 17.9 Å². The van der Waals surface area contributed by atoms with Crippen LogP contribution in [0, 0.1) is 5.82 Å². The highest BCUT2D eigenvalue weighted by atomic mass is 32.1. The van der Waals surface area contributed by atoms with Crippen molar-refractivity contribution in [1.82, 2.24) is 14.5 Å². The van der Waals surface area contributed by atoms with Crippen molar-refractivity contribution >= 4 is 27.5 Å². The molecule has 2 aromatic heterocycles. The molecule has 1 atom stereocenters. The summed E-state index contributed by atoms with van der Waals surface area (Å²) in [6, 6.07) is 17.5. The van der Waals surface area contributed by atoms with Crippen LogP contribution in [0.25, 0.3) is 20.7 Å². The van der Waals surface area contributed by atoms with E-state index in [1.807, 2.05) is 43.3 Å². The molecular formula is C23H20FN3O2S. The predicted molar refractivity (Wildman–Crippen MR) is 117 cm³/mol. The second kappa shape index (κ2) is 8.20. The first-order valence-electron chi connectivity index (χ1n) is 9.49. The Morgan fingerprint density at radius 2 is 1.87 bits per heavy atom. The molecule has 0 saturated heterocycles. The fourth-order valence-corrected chi connectivity index (χ4v) is 4.31. The number of benzene rings is 2. The third-order valence-corrected chi connectivity index (χ3v) is 6.36. The van der Waals surface area contributed by atoms with E-state index in [2.05, 4.69) is 4.98 Å². The number of fused-ring (bicyclic) bond motifs is 1. The Balaban J connectivity index is 1.57. The molecule has 0 aliphatic rings. The maximum atomic E-state index is 13.2. The third kappa shape index (κ3) is 3.89. The van der Waals surface area contributed by atoms with E-state index in [4.69, 9.17) is 0 Å². The molecule has 0 spiro atoms. The molecule has 0 bridgehead atoms. The van der Waals surface area contributed by atoms with E-state index in [0.717, 1.165) is 16.0 Å². The van der Waals surface area contributed by atoms with Crippen LogP contribution in [0.5, 0.6) is 0 Å². The van der Waals surface area contributed by atoms with E-state index in [-0.39, 0.29) is 29.9 Å². The van der Waals surface area contributed by atoms with Crippen LogP contribution < -0.4 is 5.56 Å². The highest BCUT2D eigenvalue weighted by Gasteiger charge is 2.19. The monoisotopic (exact) mass is 421 g/mol. The number of carbonyl (C=O) groups is 1. The van der Waals surface area contributed by atoms with Crippen molar-refractivity contribution < 1.29 is 9.18 Å². The number of rotatable bonds is 5. The zero-order chi connectivity index (χ0) is 21.3. The first-order chi connectivity index (χ1) is 14.4. The second-order valence-corrected chi connectivity index (χ2v) is 8.15. The van der Waals surface area contributed by atoms with Gasteiger partial charge in [0, 0.05) is 11.9 Å². The molecule has 4 aromatic rings. The number of hydrogen-bond acceptors (Lipinski definition) is 4. The molecule has 0 aliphatic heterocycles. The maximum absolute atomic E-state index is 13.2. The number of carbonyl (C=O) groups excluding carboxylic acids is 1. The summed E-state index contributed by atoms with van der Waals surface area (Å²) in [5, 5.41) is 0. The van der Waals surface area contributed by atoms with Gasteiger partial charge < -0.3 is 4.90 Å². The van der Waals surface area contributed by atoms with Crippen molar-refractivity contribution in [2.24, 2.45) is 0 Å². The van der Waals surface area contributed by atoms with Gasteiger partial charge in [-0.25, -0.2) is 9.37 Å². The topological polar surface area (TPSA) is 55.2 Å². The van der Waals surface area contributed by atoms with Gasteiger partial charge in [-0.05, 0) is 36.2 Å². The van der Waals surface area contributed by atoms with Gasteiger partial charge in [-0.3, -0.25) is 14.2 Å². The number of aromatic nitrogens is 2. The van der Waals surface area contributed by atoms with Crippen molar-refractivity contribution in [3.05, 3.63) is 88.7 Å². The van der Waals surface area contributed by atoms with Crippen LogP contribution in [0.2, 0.25) is 0 Å². The first-order valence-corrected chi connectivity index (χ1v) is 10.3. The summed E-state index contributed by atoms with van der Waals surface area (Å²) in [5.41, 5.74) is 2.23.